The third kappa shape index (κ3) is 2.37. The zero-order valence-electron chi connectivity index (χ0n) is 9.00. The van der Waals surface area contributed by atoms with Crippen molar-refractivity contribution in [1.82, 2.24) is 10.2 Å². The minimum Gasteiger partial charge on any atom is -0.314 e. The van der Waals surface area contributed by atoms with Crippen molar-refractivity contribution in [3.05, 3.63) is 46.0 Å². The van der Waals surface area contributed by atoms with E-state index >= 15 is 0 Å². The zero-order chi connectivity index (χ0) is 11.4. The highest BCUT2D eigenvalue weighted by molar-refractivity contribution is 5.17. The molecule has 1 saturated heterocycles. The molecule has 1 heterocycles. The van der Waals surface area contributed by atoms with Crippen LogP contribution >= 0.6 is 0 Å². The quantitative estimate of drug-likeness (QED) is 0.607. The van der Waals surface area contributed by atoms with E-state index in [-0.39, 0.29) is 4.92 Å². The summed E-state index contributed by atoms with van der Waals surface area (Å²) in [6, 6.07) is 9.19. The van der Waals surface area contributed by atoms with Crippen LogP contribution in [0.3, 0.4) is 0 Å². The van der Waals surface area contributed by atoms with Crippen molar-refractivity contribution in [1.29, 1.82) is 0 Å². The maximum Gasteiger partial charge on any atom is 0.294 e. The molecule has 1 aromatic rings. The van der Waals surface area contributed by atoms with E-state index in [2.05, 4.69) is 5.32 Å². The fourth-order valence-corrected chi connectivity index (χ4v) is 2.02. The number of hydrogen-bond donors (Lipinski definition) is 1. The Morgan fingerprint density at radius 2 is 1.88 bits per heavy atom. The minimum absolute atomic E-state index is 0.208. The Hall–Kier alpha value is -1.46. The van der Waals surface area contributed by atoms with Crippen molar-refractivity contribution in [2.75, 3.05) is 26.2 Å². The first-order chi connectivity index (χ1) is 7.79. The molecule has 1 N–H and O–H groups in total. The summed E-state index contributed by atoms with van der Waals surface area (Å²) in [6.45, 7) is 3.08. The van der Waals surface area contributed by atoms with Crippen LogP contribution in [0.5, 0.6) is 0 Å². The lowest BCUT2D eigenvalue weighted by Gasteiger charge is -2.29. The third-order valence-electron chi connectivity index (χ3n) is 2.79. The molecule has 5 nitrogen and oxygen atoms in total. The molecule has 2 rings (SSSR count). The Kier molecular flexibility index (Phi) is 3.48. The first-order valence-electron chi connectivity index (χ1n) is 5.42. The van der Waals surface area contributed by atoms with E-state index in [9.17, 15) is 10.1 Å². The van der Waals surface area contributed by atoms with Crippen molar-refractivity contribution in [3.8, 4) is 0 Å². The fourth-order valence-electron chi connectivity index (χ4n) is 2.02. The molecule has 0 spiro atoms. The van der Waals surface area contributed by atoms with Crippen molar-refractivity contribution in [2.24, 2.45) is 0 Å². The molecule has 1 fully saturated rings. The number of piperazine rings is 1. The Balaban J connectivity index is 2.20. The van der Waals surface area contributed by atoms with Crippen LogP contribution in [0.15, 0.2) is 30.3 Å². The second-order valence-corrected chi connectivity index (χ2v) is 3.86. The van der Waals surface area contributed by atoms with Gasteiger partial charge in [0.1, 0.15) is 0 Å². The summed E-state index contributed by atoms with van der Waals surface area (Å²) in [7, 11) is 0. The summed E-state index contributed by atoms with van der Waals surface area (Å²) in [5.74, 6) is 0. The van der Waals surface area contributed by atoms with Crippen LogP contribution in [0, 0.1) is 10.1 Å². The van der Waals surface area contributed by atoms with E-state index in [0.717, 1.165) is 31.7 Å². The van der Waals surface area contributed by atoms with Crippen molar-refractivity contribution < 1.29 is 4.92 Å². The zero-order valence-corrected chi connectivity index (χ0v) is 9.00. The molecule has 86 valence electrons. The van der Waals surface area contributed by atoms with Gasteiger partial charge >= 0.3 is 0 Å². The second kappa shape index (κ2) is 5.05. The molecule has 0 amide bonds. The van der Waals surface area contributed by atoms with Gasteiger partial charge in [0.15, 0.2) is 0 Å². The predicted octanol–water partition coefficient (Wildman–Crippen LogP) is 0.867. The Morgan fingerprint density at radius 3 is 2.44 bits per heavy atom. The van der Waals surface area contributed by atoms with Gasteiger partial charge in [-0.05, 0) is 0 Å². The average molecular weight is 221 g/mol. The molecule has 1 aromatic carbocycles. The molecule has 1 aliphatic rings. The van der Waals surface area contributed by atoms with E-state index in [4.69, 9.17) is 0 Å². The molecular weight excluding hydrogens is 206 g/mol. The molecule has 1 unspecified atom stereocenters. The molecule has 5 heteroatoms. The average Bonchev–Trinajstić information content (AvgIpc) is 2.31. The maximum atomic E-state index is 11.1. The van der Waals surface area contributed by atoms with Gasteiger partial charge in [0.2, 0.25) is 0 Å². The van der Waals surface area contributed by atoms with Gasteiger partial charge in [0.05, 0.1) is 0 Å². The predicted molar refractivity (Wildman–Crippen MR) is 60.6 cm³/mol. The van der Waals surface area contributed by atoms with E-state index in [1.54, 1.807) is 0 Å². The third-order valence-corrected chi connectivity index (χ3v) is 2.79. The summed E-state index contributed by atoms with van der Waals surface area (Å²) in [6.07, 6.45) is -0.705. The smallest absolute Gasteiger partial charge is 0.294 e. The van der Waals surface area contributed by atoms with Crippen LogP contribution in [0.2, 0.25) is 0 Å². The van der Waals surface area contributed by atoms with Gasteiger partial charge in [0, 0.05) is 36.7 Å². The number of nitrogens with one attached hydrogen (secondary N) is 1. The Morgan fingerprint density at radius 1 is 1.25 bits per heavy atom. The molecule has 0 aliphatic carbocycles. The summed E-state index contributed by atoms with van der Waals surface area (Å²) >= 11 is 0. The lowest BCUT2D eigenvalue weighted by molar-refractivity contribution is -0.558. The van der Waals surface area contributed by atoms with E-state index in [1.165, 1.54) is 0 Å². The lowest BCUT2D eigenvalue weighted by atomic mass is 10.1. The van der Waals surface area contributed by atoms with E-state index in [1.807, 2.05) is 35.2 Å². The van der Waals surface area contributed by atoms with Gasteiger partial charge in [-0.15, -0.1) is 0 Å². The Labute approximate surface area is 94.2 Å². The topological polar surface area (TPSA) is 58.4 Å². The van der Waals surface area contributed by atoms with Gasteiger partial charge in [0.25, 0.3) is 6.17 Å². The number of benzene rings is 1. The molecule has 1 aliphatic heterocycles. The van der Waals surface area contributed by atoms with Crippen LogP contribution in [0.25, 0.3) is 0 Å². The van der Waals surface area contributed by atoms with Gasteiger partial charge in [-0.1, -0.05) is 30.3 Å². The van der Waals surface area contributed by atoms with Crippen molar-refractivity contribution in [3.63, 3.8) is 0 Å². The Bertz CT molecular complexity index is 350. The fraction of sp³-hybridized carbons (Fsp3) is 0.455. The highest BCUT2D eigenvalue weighted by Gasteiger charge is 2.30. The van der Waals surface area contributed by atoms with Crippen LogP contribution in [0.4, 0.5) is 0 Å². The van der Waals surface area contributed by atoms with Gasteiger partial charge in [-0.25, -0.2) is 4.90 Å². The van der Waals surface area contributed by atoms with Crippen LogP contribution in [-0.4, -0.2) is 36.0 Å². The molecule has 0 radical (unpaired) electrons. The summed E-state index contributed by atoms with van der Waals surface area (Å²) in [4.78, 5) is 12.8. The van der Waals surface area contributed by atoms with E-state index < -0.39 is 6.17 Å². The molecule has 0 aromatic heterocycles. The normalized spacial score (nSPS) is 19.2. The summed E-state index contributed by atoms with van der Waals surface area (Å²) < 4.78 is 0. The van der Waals surface area contributed by atoms with Crippen LogP contribution in [0.1, 0.15) is 11.7 Å². The molecule has 16 heavy (non-hydrogen) atoms. The van der Waals surface area contributed by atoms with Crippen LogP contribution in [-0.2, 0) is 0 Å². The SMILES string of the molecule is O=[N+]([O-])C(c1ccccc1)N1CCNCC1. The standard InChI is InChI=1S/C11H15N3O2/c15-14(16)11(10-4-2-1-3-5-10)13-8-6-12-7-9-13/h1-5,11-12H,6-9H2. The number of hydrogen-bond acceptors (Lipinski definition) is 4. The number of nitro groups is 1. The highest BCUT2D eigenvalue weighted by atomic mass is 16.6. The molecule has 1 atom stereocenters. The number of rotatable bonds is 3. The summed E-state index contributed by atoms with van der Waals surface area (Å²) in [5.41, 5.74) is 0.759. The van der Waals surface area contributed by atoms with Gasteiger partial charge in [-0.3, -0.25) is 10.1 Å². The number of nitrogens with zero attached hydrogens (tertiary/aromatic N) is 2. The van der Waals surface area contributed by atoms with Crippen molar-refractivity contribution in [2.45, 2.75) is 6.17 Å². The monoisotopic (exact) mass is 221 g/mol. The van der Waals surface area contributed by atoms with E-state index in [0.29, 0.717) is 0 Å². The first kappa shape index (κ1) is 11.0. The lowest BCUT2D eigenvalue weighted by Crippen LogP contribution is -2.47. The largest absolute Gasteiger partial charge is 0.314 e. The highest BCUT2D eigenvalue weighted by Crippen LogP contribution is 2.21. The van der Waals surface area contributed by atoms with Crippen LogP contribution < -0.4 is 5.32 Å². The molecule has 0 bridgehead atoms. The first-order valence-corrected chi connectivity index (χ1v) is 5.42. The minimum atomic E-state index is -0.705. The second-order valence-electron chi connectivity index (χ2n) is 3.86. The molecule has 0 saturated carbocycles. The van der Waals surface area contributed by atoms with Gasteiger partial charge in [-0.2, -0.15) is 0 Å². The van der Waals surface area contributed by atoms with Gasteiger partial charge < -0.3 is 5.32 Å². The molecular formula is C11H15N3O2. The van der Waals surface area contributed by atoms with Crippen molar-refractivity contribution >= 4 is 0 Å². The maximum absolute atomic E-state index is 11.1. The summed E-state index contributed by atoms with van der Waals surface area (Å²) in [5, 5.41) is 14.3.